The van der Waals surface area contributed by atoms with Crippen LogP contribution in [-0.2, 0) is 0 Å². The third-order valence-corrected chi connectivity index (χ3v) is 4.66. The first-order valence-corrected chi connectivity index (χ1v) is 7.98. The molecule has 0 spiro atoms. The summed E-state index contributed by atoms with van der Waals surface area (Å²) in [5, 5.41) is 9.78. The lowest BCUT2D eigenvalue weighted by molar-refractivity contribution is 0.103. The van der Waals surface area contributed by atoms with Gasteiger partial charge in [-0.2, -0.15) is 5.26 Å². The summed E-state index contributed by atoms with van der Waals surface area (Å²) in [6.45, 7) is 0. The van der Waals surface area contributed by atoms with E-state index in [0.29, 0.717) is 16.7 Å². The van der Waals surface area contributed by atoms with Crippen molar-refractivity contribution < 1.29 is 4.79 Å². The summed E-state index contributed by atoms with van der Waals surface area (Å²) in [5.41, 5.74) is 2.62. The van der Waals surface area contributed by atoms with E-state index in [2.05, 4.69) is 49.6 Å². The number of hydrogen-bond donors (Lipinski definition) is 1. The number of hydrogen-bond acceptors (Lipinski definition) is 2. The lowest BCUT2D eigenvalue weighted by atomic mass is 10.0. The van der Waals surface area contributed by atoms with Gasteiger partial charge in [-0.15, -0.1) is 0 Å². The highest BCUT2D eigenvalue weighted by atomic mass is 127. The zero-order chi connectivity index (χ0) is 15.0. The Labute approximate surface area is 143 Å². The van der Waals surface area contributed by atoms with Gasteiger partial charge in [-0.3, -0.25) is 4.79 Å². The molecule has 3 aromatic rings. The fourth-order valence-electron chi connectivity index (χ4n) is 2.19. The molecule has 3 rings (SSSR count). The first-order chi connectivity index (χ1) is 10.1. The summed E-state index contributed by atoms with van der Waals surface area (Å²) < 4.78 is 1.76. The number of H-pyrrole nitrogens is 1. The first kappa shape index (κ1) is 14.3. The molecule has 0 aliphatic heterocycles. The standard InChI is InChI=1S/C16H8BrIN2O/c17-10-2-3-14(18)12(6-10)16(21)13-8-20-15-4-1-9(7-19)5-11(13)15/h1-6,8,20H. The van der Waals surface area contributed by atoms with Crippen molar-refractivity contribution in [3.8, 4) is 6.07 Å². The molecule has 0 radical (unpaired) electrons. The molecule has 1 N–H and O–H groups in total. The predicted molar refractivity (Wildman–Crippen MR) is 93.3 cm³/mol. The Balaban J connectivity index is 2.18. The molecule has 0 fully saturated rings. The summed E-state index contributed by atoms with van der Waals surface area (Å²) in [5.74, 6) is -0.0537. The largest absolute Gasteiger partial charge is 0.360 e. The summed E-state index contributed by atoms with van der Waals surface area (Å²) in [7, 11) is 0. The molecule has 0 aliphatic carbocycles. The number of benzene rings is 2. The Morgan fingerprint density at radius 1 is 1.19 bits per heavy atom. The molecular weight excluding hydrogens is 443 g/mol. The average Bonchev–Trinajstić information content (AvgIpc) is 2.91. The summed E-state index contributed by atoms with van der Waals surface area (Å²) >= 11 is 5.54. The third-order valence-electron chi connectivity index (χ3n) is 3.23. The number of nitrogens with one attached hydrogen (secondary N) is 1. The molecule has 0 amide bonds. The number of carbonyl (C=O) groups excluding carboxylic acids is 1. The van der Waals surface area contributed by atoms with E-state index in [1.54, 1.807) is 18.3 Å². The predicted octanol–water partition coefficient (Wildman–Crippen LogP) is 4.64. The van der Waals surface area contributed by atoms with Crippen LogP contribution in [0.25, 0.3) is 10.9 Å². The maximum Gasteiger partial charge on any atom is 0.196 e. The molecule has 5 heteroatoms. The van der Waals surface area contributed by atoms with Gasteiger partial charge in [-0.1, -0.05) is 15.9 Å². The van der Waals surface area contributed by atoms with Crippen molar-refractivity contribution in [1.82, 2.24) is 4.98 Å². The number of nitrogens with zero attached hydrogens (tertiary/aromatic N) is 1. The smallest absolute Gasteiger partial charge is 0.196 e. The van der Waals surface area contributed by atoms with Crippen LogP contribution in [0.3, 0.4) is 0 Å². The average molecular weight is 451 g/mol. The van der Waals surface area contributed by atoms with Crippen LogP contribution in [0.4, 0.5) is 0 Å². The second-order valence-corrected chi connectivity index (χ2v) is 6.61. The number of aromatic amines is 1. The first-order valence-electron chi connectivity index (χ1n) is 6.11. The molecule has 102 valence electrons. The highest BCUT2D eigenvalue weighted by Crippen LogP contribution is 2.26. The second-order valence-electron chi connectivity index (χ2n) is 4.53. The third kappa shape index (κ3) is 2.61. The van der Waals surface area contributed by atoms with E-state index in [9.17, 15) is 4.79 Å². The fourth-order valence-corrected chi connectivity index (χ4v) is 3.14. The van der Waals surface area contributed by atoms with E-state index in [1.807, 2.05) is 24.3 Å². The molecule has 0 atom stereocenters. The van der Waals surface area contributed by atoms with Crippen LogP contribution in [0, 0.1) is 14.9 Å². The number of rotatable bonds is 2. The van der Waals surface area contributed by atoms with Crippen LogP contribution >= 0.6 is 38.5 Å². The van der Waals surface area contributed by atoms with Gasteiger partial charge >= 0.3 is 0 Å². The minimum Gasteiger partial charge on any atom is -0.360 e. The van der Waals surface area contributed by atoms with Crippen molar-refractivity contribution in [1.29, 1.82) is 5.26 Å². The van der Waals surface area contributed by atoms with Crippen LogP contribution < -0.4 is 0 Å². The zero-order valence-electron chi connectivity index (χ0n) is 10.7. The Hall–Kier alpha value is -1.65. The number of aromatic nitrogens is 1. The lowest BCUT2D eigenvalue weighted by Gasteiger charge is -2.04. The van der Waals surface area contributed by atoms with E-state index in [-0.39, 0.29) is 5.78 Å². The SMILES string of the molecule is N#Cc1ccc2[nH]cc(C(=O)c3cc(Br)ccc3I)c2c1. The number of fused-ring (bicyclic) bond motifs is 1. The van der Waals surface area contributed by atoms with Crippen molar-refractivity contribution in [2.24, 2.45) is 0 Å². The number of ketones is 1. The quantitative estimate of drug-likeness (QED) is 0.456. The van der Waals surface area contributed by atoms with Gasteiger partial charge in [0.15, 0.2) is 5.78 Å². The van der Waals surface area contributed by atoms with Crippen molar-refractivity contribution in [3.05, 3.63) is 67.3 Å². The Morgan fingerprint density at radius 2 is 2.00 bits per heavy atom. The van der Waals surface area contributed by atoms with E-state index >= 15 is 0 Å². The topological polar surface area (TPSA) is 56.6 Å². The summed E-state index contributed by atoms with van der Waals surface area (Å²) in [6.07, 6.45) is 1.70. The molecule has 0 saturated carbocycles. The van der Waals surface area contributed by atoms with Crippen molar-refractivity contribution in [3.63, 3.8) is 0 Å². The molecule has 3 nitrogen and oxygen atoms in total. The Bertz CT molecular complexity index is 908. The molecule has 21 heavy (non-hydrogen) atoms. The summed E-state index contributed by atoms with van der Waals surface area (Å²) in [6, 6.07) is 13.0. The van der Waals surface area contributed by atoms with Gasteiger partial charge in [-0.05, 0) is 59.0 Å². The van der Waals surface area contributed by atoms with E-state index in [4.69, 9.17) is 5.26 Å². The maximum absolute atomic E-state index is 12.8. The number of halogens is 2. The number of nitriles is 1. The molecule has 0 bridgehead atoms. The van der Waals surface area contributed by atoms with Gasteiger partial charge in [0.05, 0.1) is 11.6 Å². The molecule has 1 heterocycles. The van der Waals surface area contributed by atoms with Crippen molar-refractivity contribution in [2.75, 3.05) is 0 Å². The minimum atomic E-state index is -0.0537. The van der Waals surface area contributed by atoms with Gasteiger partial charge in [0.1, 0.15) is 0 Å². The lowest BCUT2D eigenvalue weighted by Crippen LogP contribution is -2.03. The second kappa shape index (κ2) is 5.62. The van der Waals surface area contributed by atoms with Gasteiger partial charge < -0.3 is 4.98 Å². The molecule has 2 aromatic carbocycles. The molecule has 1 aromatic heterocycles. The highest BCUT2D eigenvalue weighted by Gasteiger charge is 2.17. The zero-order valence-corrected chi connectivity index (χ0v) is 14.4. The fraction of sp³-hybridized carbons (Fsp3) is 0. The van der Waals surface area contributed by atoms with Crippen LogP contribution in [0.15, 0.2) is 47.1 Å². The van der Waals surface area contributed by atoms with Crippen LogP contribution in [0.2, 0.25) is 0 Å². The van der Waals surface area contributed by atoms with E-state index < -0.39 is 0 Å². The van der Waals surface area contributed by atoms with Gasteiger partial charge in [0.25, 0.3) is 0 Å². The molecule has 0 aliphatic rings. The van der Waals surface area contributed by atoms with Crippen molar-refractivity contribution in [2.45, 2.75) is 0 Å². The summed E-state index contributed by atoms with van der Waals surface area (Å²) in [4.78, 5) is 15.8. The van der Waals surface area contributed by atoms with Crippen LogP contribution in [0.5, 0.6) is 0 Å². The van der Waals surface area contributed by atoms with E-state index in [1.165, 1.54) is 0 Å². The van der Waals surface area contributed by atoms with Gasteiger partial charge in [0, 0.05) is 36.3 Å². The normalized spacial score (nSPS) is 10.5. The minimum absolute atomic E-state index is 0.0537. The van der Waals surface area contributed by atoms with Gasteiger partial charge in [0.2, 0.25) is 0 Å². The maximum atomic E-state index is 12.8. The monoisotopic (exact) mass is 450 g/mol. The van der Waals surface area contributed by atoms with Crippen LogP contribution in [-0.4, -0.2) is 10.8 Å². The van der Waals surface area contributed by atoms with Crippen LogP contribution in [0.1, 0.15) is 21.5 Å². The molecular formula is C16H8BrIN2O. The van der Waals surface area contributed by atoms with E-state index in [0.717, 1.165) is 18.9 Å². The van der Waals surface area contributed by atoms with Crippen molar-refractivity contribution >= 4 is 55.2 Å². The molecule has 0 saturated heterocycles. The highest BCUT2D eigenvalue weighted by molar-refractivity contribution is 14.1. The Morgan fingerprint density at radius 3 is 2.76 bits per heavy atom. The molecule has 0 unspecified atom stereocenters. The Kier molecular flexibility index (Phi) is 3.83. The van der Waals surface area contributed by atoms with Gasteiger partial charge in [-0.25, -0.2) is 0 Å². The number of carbonyl (C=O) groups is 1.